The fourth-order valence-corrected chi connectivity index (χ4v) is 5.83. The van der Waals surface area contributed by atoms with Gasteiger partial charge in [-0.05, 0) is 49.8 Å². The van der Waals surface area contributed by atoms with E-state index in [0.717, 1.165) is 18.4 Å². The predicted octanol–water partition coefficient (Wildman–Crippen LogP) is 2.00. The summed E-state index contributed by atoms with van der Waals surface area (Å²) >= 11 is 0. The number of piperidine rings is 1. The molecule has 4 rings (SSSR count). The van der Waals surface area contributed by atoms with Crippen molar-refractivity contribution in [3.63, 3.8) is 0 Å². The molecule has 1 aliphatic carbocycles. The summed E-state index contributed by atoms with van der Waals surface area (Å²) in [7, 11) is -3.47. The van der Waals surface area contributed by atoms with E-state index in [1.807, 2.05) is 6.92 Å². The van der Waals surface area contributed by atoms with Crippen molar-refractivity contribution in [2.75, 3.05) is 39.4 Å². The number of fused-ring (bicyclic) bond motifs is 1. The van der Waals surface area contributed by atoms with Crippen LogP contribution >= 0.6 is 0 Å². The van der Waals surface area contributed by atoms with Gasteiger partial charge in [0.15, 0.2) is 5.76 Å². The van der Waals surface area contributed by atoms with Gasteiger partial charge in [-0.25, -0.2) is 8.42 Å². The molecule has 8 heteroatoms. The lowest BCUT2D eigenvalue weighted by Gasteiger charge is -2.31. The highest BCUT2D eigenvalue weighted by Crippen LogP contribution is 2.42. The first-order valence-corrected chi connectivity index (χ1v) is 11.5. The third kappa shape index (κ3) is 3.53. The molecule has 1 atom stereocenters. The van der Waals surface area contributed by atoms with E-state index in [9.17, 15) is 13.2 Å². The lowest BCUT2D eigenvalue weighted by molar-refractivity contribution is -0.134. The highest BCUT2D eigenvalue weighted by molar-refractivity contribution is 7.93. The second-order valence-electron chi connectivity index (χ2n) is 8.06. The van der Waals surface area contributed by atoms with Gasteiger partial charge in [0.05, 0.1) is 18.1 Å². The van der Waals surface area contributed by atoms with Gasteiger partial charge in [-0.3, -0.25) is 4.79 Å². The molecule has 2 fully saturated rings. The topological polar surface area (TPSA) is 76.1 Å². The van der Waals surface area contributed by atoms with Crippen molar-refractivity contribution < 1.29 is 22.7 Å². The van der Waals surface area contributed by atoms with Gasteiger partial charge in [0.25, 0.3) is 5.91 Å². The highest BCUT2D eigenvalue weighted by Gasteiger charge is 2.40. The van der Waals surface area contributed by atoms with E-state index >= 15 is 0 Å². The fourth-order valence-electron chi connectivity index (χ4n) is 4.19. The van der Waals surface area contributed by atoms with Crippen LogP contribution in [0.15, 0.2) is 34.1 Å². The SMILES string of the molecule is CC1=C(C(=O)N2CCOCC2)OC2=CC=C(S(=O)(=O)N3CCC(C)CC3)CC21. The number of morpholine rings is 1. The first-order valence-electron chi connectivity index (χ1n) is 10.0. The Hall–Kier alpha value is -1.64. The number of nitrogens with zero attached hydrogens (tertiary/aromatic N) is 2. The smallest absolute Gasteiger partial charge is 0.289 e. The molecule has 1 amide bonds. The van der Waals surface area contributed by atoms with Gasteiger partial charge in [-0.2, -0.15) is 4.31 Å². The minimum absolute atomic E-state index is 0.134. The molecule has 0 N–H and O–H groups in total. The van der Waals surface area contributed by atoms with Crippen LogP contribution in [0.1, 0.15) is 33.1 Å². The van der Waals surface area contributed by atoms with Crippen LogP contribution in [0.2, 0.25) is 0 Å². The molecule has 2 saturated heterocycles. The van der Waals surface area contributed by atoms with Gasteiger partial charge in [0, 0.05) is 32.1 Å². The molecule has 0 aromatic heterocycles. The zero-order valence-electron chi connectivity index (χ0n) is 16.5. The maximum atomic E-state index is 13.1. The molecular weight excluding hydrogens is 380 g/mol. The number of hydrogen-bond donors (Lipinski definition) is 0. The zero-order chi connectivity index (χ0) is 19.9. The monoisotopic (exact) mass is 408 g/mol. The van der Waals surface area contributed by atoms with E-state index in [1.165, 1.54) is 0 Å². The summed E-state index contributed by atoms with van der Waals surface area (Å²) < 4.78 is 39.0. The minimum atomic E-state index is -3.47. The lowest BCUT2D eigenvalue weighted by atomic mass is 9.92. The van der Waals surface area contributed by atoms with Crippen LogP contribution < -0.4 is 0 Å². The summed E-state index contributed by atoms with van der Waals surface area (Å²) in [4.78, 5) is 15.0. The van der Waals surface area contributed by atoms with Gasteiger partial charge >= 0.3 is 0 Å². The molecular formula is C20H28N2O5S. The first-order chi connectivity index (χ1) is 13.4. The Bertz CT molecular complexity index is 844. The van der Waals surface area contributed by atoms with E-state index in [0.29, 0.717) is 68.2 Å². The number of carbonyl (C=O) groups is 1. The van der Waals surface area contributed by atoms with E-state index in [2.05, 4.69) is 6.92 Å². The predicted molar refractivity (Wildman–Crippen MR) is 104 cm³/mol. The van der Waals surface area contributed by atoms with E-state index in [1.54, 1.807) is 21.4 Å². The van der Waals surface area contributed by atoms with Crippen molar-refractivity contribution >= 4 is 15.9 Å². The number of allylic oxidation sites excluding steroid dienone is 4. The van der Waals surface area contributed by atoms with Crippen molar-refractivity contribution in [2.24, 2.45) is 11.8 Å². The van der Waals surface area contributed by atoms with Crippen molar-refractivity contribution in [1.82, 2.24) is 9.21 Å². The van der Waals surface area contributed by atoms with Crippen LogP contribution in [0.5, 0.6) is 0 Å². The van der Waals surface area contributed by atoms with Gasteiger partial charge in [0.1, 0.15) is 5.76 Å². The molecule has 0 radical (unpaired) electrons. The Morgan fingerprint density at radius 1 is 1.11 bits per heavy atom. The fraction of sp³-hybridized carbons (Fsp3) is 0.650. The molecule has 154 valence electrons. The number of rotatable bonds is 3. The van der Waals surface area contributed by atoms with Crippen LogP contribution in [0.25, 0.3) is 0 Å². The van der Waals surface area contributed by atoms with Crippen LogP contribution in [0.4, 0.5) is 0 Å². The van der Waals surface area contributed by atoms with Crippen molar-refractivity contribution in [3.8, 4) is 0 Å². The second-order valence-corrected chi connectivity index (χ2v) is 10.1. The van der Waals surface area contributed by atoms with Crippen LogP contribution in [0.3, 0.4) is 0 Å². The molecule has 3 aliphatic heterocycles. The zero-order valence-corrected chi connectivity index (χ0v) is 17.3. The molecule has 7 nitrogen and oxygen atoms in total. The maximum absolute atomic E-state index is 13.1. The molecule has 0 saturated carbocycles. The normalized spacial score (nSPS) is 27.2. The Morgan fingerprint density at radius 3 is 2.46 bits per heavy atom. The highest BCUT2D eigenvalue weighted by atomic mass is 32.2. The summed E-state index contributed by atoms with van der Waals surface area (Å²) in [6.45, 7) is 7.35. The molecule has 4 aliphatic rings. The molecule has 0 bridgehead atoms. The van der Waals surface area contributed by atoms with Crippen LogP contribution in [0, 0.1) is 11.8 Å². The average Bonchev–Trinajstić information content (AvgIpc) is 3.04. The van der Waals surface area contributed by atoms with Gasteiger partial charge in [-0.1, -0.05) is 6.92 Å². The Kier molecular flexibility index (Phi) is 5.37. The number of carbonyl (C=O) groups excluding carboxylic acids is 1. The number of amides is 1. The molecule has 0 spiro atoms. The Balaban J connectivity index is 1.51. The summed E-state index contributed by atoms with van der Waals surface area (Å²) in [5.74, 6) is 1.27. The van der Waals surface area contributed by atoms with Crippen molar-refractivity contribution in [1.29, 1.82) is 0 Å². The summed E-state index contributed by atoms with van der Waals surface area (Å²) in [5.41, 5.74) is 0.816. The summed E-state index contributed by atoms with van der Waals surface area (Å²) in [5, 5.41) is 0. The van der Waals surface area contributed by atoms with Crippen molar-refractivity contribution in [3.05, 3.63) is 34.1 Å². The summed E-state index contributed by atoms with van der Waals surface area (Å²) in [6.07, 6.45) is 5.52. The van der Waals surface area contributed by atoms with Gasteiger partial charge < -0.3 is 14.4 Å². The van der Waals surface area contributed by atoms with Crippen molar-refractivity contribution in [2.45, 2.75) is 33.1 Å². The quantitative estimate of drug-likeness (QED) is 0.714. The second kappa shape index (κ2) is 7.65. The number of ether oxygens (including phenoxy) is 2. The van der Waals surface area contributed by atoms with E-state index in [-0.39, 0.29) is 11.8 Å². The largest absolute Gasteiger partial charge is 0.455 e. The Morgan fingerprint density at radius 2 is 1.79 bits per heavy atom. The molecule has 28 heavy (non-hydrogen) atoms. The molecule has 0 aromatic rings. The van der Waals surface area contributed by atoms with E-state index < -0.39 is 10.0 Å². The van der Waals surface area contributed by atoms with Crippen LogP contribution in [-0.4, -0.2) is 62.9 Å². The lowest BCUT2D eigenvalue weighted by Crippen LogP contribution is -2.41. The Labute approximate surface area is 166 Å². The van der Waals surface area contributed by atoms with Crippen LogP contribution in [-0.2, 0) is 24.3 Å². The summed E-state index contributed by atoms with van der Waals surface area (Å²) in [6, 6.07) is 0. The van der Waals surface area contributed by atoms with E-state index in [4.69, 9.17) is 9.47 Å². The molecule has 3 heterocycles. The van der Waals surface area contributed by atoms with Gasteiger partial charge in [-0.15, -0.1) is 0 Å². The standard InChI is InChI=1S/C20H28N2O5S/c1-14-5-7-22(8-6-14)28(24,25)16-3-4-18-17(13-16)15(2)19(27-18)20(23)21-9-11-26-12-10-21/h3-4,14,17H,5-13H2,1-2H3. The average molecular weight is 409 g/mol. The third-order valence-electron chi connectivity index (χ3n) is 6.19. The molecule has 1 unspecified atom stereocenters. The number of sulfonamides is 1. The minimum Gasteiger partial charge on any atom is -0.455 e. The maximum Gasteiger partial charge on any atom is 0.289 e. The third-order valence-corrected chi connectivity index (χ3v) is 8.20. The number of hydrogen-bond acceptors (Lipinski definition) is 5. The van der Waals surface area contributed by atoms with Gasteiger partial charge in [0.2, 0.25) is 10.0 Å². The first kappa shape index (κ1) is 19.7. The molecule has 0 aromatic carbocycles.